The molecule has 0 bridgehead atoms. The number of aryl methyl sites for hydroxylation is 1. The molecular formula is C35H29ClFN3O3S2. The molecule has 5 aromatic rings. The van der Waals surface area contributed by atoms with E-state index in [0.29, 0.717) is 20.6 Å². The molecule has 45 heavy (non-hydrogen) atoms. The van der Waals surface area contributed by atoms with Crippen LogP contribution in [0.15, 0.2) is 99.1 Å². The average Bonchev–Trinajstić information content (AvgIpc) is 3.51. The van der Waals surface area contributed by atoms with Crippen molar-refractivity contribution in [2.75, 3.05) is 12.9 Å². The number of benzene rings is 3. The third-order valence-electron chi connectivity index (χ3n) is 7.72. The Bertz CT molecular complexity index is 2150. The molecule has 0 fully saturated rings. The maximum atomic E-state index is 14.3. The van der Waals surface area contributed by atoms with E-state index in [-0.39, 0.29) is 17.2 Å². The molecule has 0 saturated heterocycles. The van der Waals surface area contributed by atoms with Crippen LogP contribution in [0.4, 0.5) is 4.39 Å². The molecule has 0 amide bonds. The lowest BCUT2D eigenvalue weighted by atomic mass is 9.93. The first kappa shape index (κ1) is 30.8. The molecule has 0 saturated carbocycles. The zero-order valence-electron chi connectivity index (χ0n) is 25.0. The number of carbonyl (C=O) groups is 1. The largest absolute Gasteiger partial charge is 0.463 e. The maximum absolute atomic E-state index is 14.3. The van der Waals surface area contributed by atoms with E-state index in [1.165, 1.54) is 17.4 Å². The van der Waals surface area contributed by atoms with Crippen molar-refractivity contribution in [3.05, 3.63) is 143 Å². The van der Waals surface area contributed by atoms with Crippen LogP contribution < -0.4 is 14.9 Å². The van der Waals surface area contributed by atoms with Gasteiger partial charge in [0.15, 0.2) is 4.80 Å². The highest BCUT2D eigenvalue weighted by molar-refractivity contribution is 7.98. The van der Waals surface area contributed by atoms with E-state index >= 15 is 0 Å². The Morgan fingerprint density at radius 2 is 1.82 bits per heavy atom. The van der Waals surface area contributed by atoms with Gasteiger partial charge in [0.1, 0.15) is 5.82 Å². The molecule has 1 atom stereocenters. The first-order chi connectivity index (χ1) is 21.7. The monoisotopic (exact) mass is 657 g/mol. The third kappa shape index (κ3) is 5.72. The van der Waals surface area contributed by atoms with Gasteiger partial charge in [-0.3, -0.25) is 9.36 Å². The molecule has 0 radical (unpaired) electrons. The number of hydrogen-bond donors (Lipinski definition) is 0. The van der Waals surface area contributed by atoms with Crippen molar-refractivity contribution in [1.82, 2.24) is 9.13 Å². The predicted molar refractivity (Wildman–Crippen MR) is 179 cm³/mol. The fourth-order valence-electron chi connectivity index (χ4n) is 5.64. The highest BCUT2D eigenvalue weighted by Gasteiger charge is 2.35. The predicted octanol–water partition coefficient (Wildman–Crippen LogP) is 6.86. The Labute approximate surface area is 272 Å². The zero-order chi connectivity index (χ0) is 31.8. The topological polar surface area (TPSA) is 65.6 Å². The summed E-state index contributed by atoms with van der Waals surface area (Å²) in [6.45, 7) is 5.82. The van der Waals surface area contributed by atoms with Gasteiger partial charge in [-0.1, -0.05) is 65.4 Å². The van der Waals surface area contributed by atoms with Crippen LogP contribution in [0.5, 0.6) is 0 Å². The molecule has 10 heteroatoms. The zero-order valence-corrected chi connectivity index (χ0v) is 27.4. The molecule has 228 valence electrons. The van der Waals surface area contributed by atoms with Crippen LogP contribution in [0.1, 0.15) is 41.0 Å². The quantitative estimate of drug-likeness (QED) is 0.142. The molecule has 3 aromatic carbocycles. The normalized spacial score (nSPS) is 14.8. The van der Waals surface area contributed by atoms with Gasteiger partial charge in [-0.25, -0.2) is 14.2 Å². The molecular weight excluding hydrogens is 629 g/mol. The smallest absolute Gasteiger partial charge is 0.338 e. The van der Waals surface area contributed by atoms with Gasteiger partial charge in [-0.15, -0.1) is 11.8 Å². The summed E-state index contributed by atoms with van der Waals surface area (Å²) in [6.07, 6.45) is 3.84. The Kier molecular flexibility index (Phi) is 8.68. The van der Waals surface area contributed by atoms with Gasteiger partial charge in [0, 0.05) is 27.5 Å². The summed E-state index contributed by atoms with van der Waals surface area (Å²) in [7, 11) is 0. The molecule has 2 aromatic heterocycles. The first-order valence-corrected chi connectivity index (χ1v) is 16.7. The summed E-state index contributed by atoms with van der Waals surface area (Å²) in [4.78, 5) is 34.4. The minimum atomic E-state index is -0.748. The number of hydrogen-bond acceptors (Lipinski definition) is 6. The molecule has 0 aliphatic carbocycles. The van der Waals surface area contributed by atoms with Gasteiger partial charge in [-0.2, -0.15) is 0 Å². The number of fused-ring (bicyclic) bond motifs is 1. The van der Waals surface area contributed by atoms with Gasteiger partial charge in [0.05, 0.1) is 33.5 Å². The fraction of sp³-hybridized carbons (Fsp3) is 0.171. The summed E-state index contributed by atoms with van der Waals surface area (Å²) < 4.78 is 23.5. The number of carbonyl (C=O) groups excluding carboxylic acids is 1. The number of halogens is 2. The van der Waals surface area contributed by atoms with Crippen molar-refractivity contribution in [1.29, 1.82) is 0 Å². The second kappa shape index (κ2) is 12.7. The Morgan fingerprint density at radius 3 is 2.49 bits per heavy atom. The number of thioether (sulfide) groups is 1. The number of rotatable bonds is 7. The van der Waals surface area contributed by atoms with Crippen LogP contribution in [-0.2, 0) is 9.53 Å². The lowest BCUT2D eigenvalue weighted by Crippen LogP contribution is -2.40. The van der Waals surface area contributed by atoms with E-state index in [1.807, 2.05) is 91.4 Å². The van der Waals surface area contributed by atoms with Gasteiger partial charge < -0.3 is 9.30 Å². The molecule has 3 heterocycles. The molecule has 0 unspecified atom stereocenters. The summed E-state index contributed by atoms with van der Waals surface area (Å²) in [5.74, 6) is -1.01. The third-order valence-corrected chi connectivity index (χ3v) is 9.74. The van der Waals surface area contributed by atoms with Crippen LogP contribution in [0.25, 0.3) is 17.5 Å². The number of thiazole rings is 1. The SMILES string of the molecule is CCOC(=O)C1=C(c2ccccc2)N=c2s/c(=C/c3cc(C)n(-c4ccc(F)c(Cl)c4)c3C)c(=O)n2[C@@H]1c1ccc(SC)cc1. The summed E-state index contributed by atoms with van der Waals surface area (Å²) in [6, 6.07) is 23.2. The van der Waals surface area contributed by atoms with Crippen molar-refractivity contribution >= 4 is 52.4 Å². The van der Waals surface area contributed by atoms with E-state index in [2.05, 4.69) is 0 Å². The average molecular weight is 658 g/mol. The van der Waals surface area contributed by atoms with Crippen molar-refractivity contribution in [2.45, 2.75) is 31.7 Å². The second-order valence-electron chi connectivity index (χ2n) is 10.5. The van der Waals surface area contributed by atoms with Crippen LogP contribution in [0, 0.1) is 19.7 Å². The van der Waals surface area contributed by atoms with E-state index in [9.17, 15) is 14.0 Å². The van der Waals surface area contributed by atoms with Gasteiger partial charge >= 0.3 is 5.97 Å². The van der Waals surface area contributed by atoms with E-state index < -0.39 is 17.8 Å². The van der Waals surface area contributed by atoms with E-state index in [4.69, 9.17) is 21.3 Å². The number of esters is 1. The number of nitrogens with zero attached hydrogens (tertiary/aromatic N) is 3. The van der Waals surface area contributed by atoms with Crippen LogP contribution >= 0.6 is 34.7 Å². The van der Waals surface area contributed by atoms with Gasteiger partial charge in [-0.05, 0) is 80.6 Å². The van der Waals surface area contributed by atoms with Gasteiger partial charge in [0.25, 0.3) is 5.56 Å². The molecule has 6 rings (SSSR count). The highest BCUT2D eigenvalue weighted by Crippen LogP contribution is 2.36. The van der Waals surface area contributed by atoms with Crippen molar-refractivity contribution in [3.8, 4) is 5.69 Å². The van der Waals surface area contributed by atoms with E-state index in [1.54, 1.807) is 35.4 Å². The van der Waals surface area contributed by atoms with Crippen LogP contribution in [0.3, 0.4) is 0 Å². The lowest BCUT2D eigenvalue weighted by molar-refractivity contribution is -0.138. The summed E-state index contributed by atoms with van der Waals surface area (Å²) in [5.41, 5.74) is 5.37. The van der Waals surface area contributed by atoms with Crippen molar-refractivity contribution in [2.24, 2.45) is 4.99 Å². The molecule has 1 aliphatic heterocycles. The first-order valence-electron chi connectivity index (χ1n) is 14.3. The van der Waals surface area contributed by atoms with Crippen molar-refractivity contribution < 1.29 is 13.9 Å². The van der Waals surface area contributed by atoms with Crippen LogP contribution in [-0.4, -0.2) is 28.0 Å². The summed E-state index contributed by atoms with van der Waals surface area (Å²) in [5, 5.41) is 0.0343. The van der Waals surface area contributed by atoms with E-state index in [0.717, 1.165) is 38.7 Å². The Balaban J connectivity index is 1.59. The minimum Gasteiger partial charge on any atom is -0.463 e. The second-order valence-corrected chi connectivity index (χ2v) is 12.8. The number of ether oxygens (including phenoxy) is 1. The summed E-state index contributed by atoms with van der Waals surface area (Å²) >= 11 is 8.97. The Hall–Kier alpha value is -4.18. The molecule has 0 N–H and O–H groups in total. The van der Waals surface area contributed by atoms with Crippen LogP contribution in [0.2, 0.25) is 5.02 Å². The maximum Gasteiger partial charge on any atom is 0.338 e. The van der Waals surface area contributed by atoms with Crippen molar-refractivity contribution in [3.63, 3.8) is 0 Å². The minimum absolute atomic E-state index is 0.0343. The highest BCUT2D eigenvalue weighted by atomic mass is 35.5. The number of aromatic nitrogens is 2. The molecule has 0 spiro atoms. The fourth-order valence-corrected chi connectivity index (χ4v) is 7.21. The molecule has 1 aliphatic rings. The lowest BCUT2D eigenvalue weighted by Gasteiger charge is -2.26. The Morgan fingerprint density at radius 1 is 1.09 bits per heavy atom. The molecule has 6 nitrogen and oxygen atoms in total. The standard InChI is InChI=1S/C35H29ClFN3O3S2/c1-5-43-34(42)30-31(22-9-7-6-8-10-22)38-35-40(32(30)23-11-14-26(44-4)15-12-23)33(41)29(45-35)18-24-17-20(2)39(21(24)3)25-13-16-28(37)27(36)19-25/h6-19,32H,5H2,1-4H3/b29-18+/t32-/m1/s1. The van der Waals surface area contributed by atoms with Gasteiger partial charge in [0.2, 0.25) is 0 Å².